The van der Waals surface area contributed by atoms with Gasteiger partial charge in [0.15, 0.2) is 6.23 Å². The van der Waals surface area contributed by atoms with Crippen molar-refractivity contribution in [2.75, 3.05) is 57.5 Å². The maximum atomic E-state index is 13.7. The summed E-state index contributed by atoms with van der Waals surface area (Å²) < 4.78 is 37.1. The maximum absolute atomic E-state index is 13.7. The standard InChI is InChI=1S/C38H44ClFN8O4S/c1-37(49)19-46(11-13-50-20-37)34-30-32-33(53-35(30)43-36(42-34)52-21-38-9-5-10-47(38)18-22(15-38)16-40)31(44-45(32)2)29-24-17-41-48(27-6-3-4-12-51-27)26(24)14-25(39)28(29)23-7-8-23/h14,16-17,23,27,49H,3-13,15,18-21H2,1-2H3/b22-16-/t27?,37-,38-/m0/s1. The molecule has 5 fully saturated rings. The second-order valence-corrected chi connectivity index (χ2v) is 17.4. The third-order valence-corrected chi connectivity index (χ3v) is 13.3. The lowest BCUT2D eigenvalue weighted by Gasteiger charge is -2.31. The average molecular weight is 763 g/mol. The lowest BCUT2D eigenvalue weighted by atomic mass is 9.94. The molecule has 8 heterocycles. The second kappa shape index (κ2) is 12.8. The van der Waals surface area contributed by atoms with Gasteiger partial charge in [-0.15, -0.1) is 11.3 Å². The molecule has 10 rings (SSSR count). The summed E-state index contributed by atoms with van der Waals surface area (Å²) in [7, 11) is 1.97. The molecule has 4 saturated heterocycles. The Morgan fingerprint density at radius 3 is 2.87 bits per heavy atom. The smallest absolute Gasteiger partial charge is 0.319 e. The summed E-state index contributed by atoms with van der Waals surface area (Å²) in [5.74, 6) is 1.03. The molecule has 5 aliphatic rings. The van der Waals surface area contributed by atoms with Crippen LogP contribution in [0.5, 0.6) is 6.01 Å². The van der Waals surface area contributed by atoms with E-state index in [0.29, 0.717) is 51.0 Å². The molecule has 4 aliphatic heterocycles. The minimum atomic E-state index is -1.09. The summed E-state index contributed by atoms with van der Waals surface area (Å²) in [5, 5.41) is 24.0. The van der Waals surface area contributed by atoms with E-state index in [1.807, 2.05) is 22.6 Å². The molecule has 0 spiro atoms. The van der Waals surface area contributed by atoms with Gasteiger partial charge in [0.05, 0.1) is 58.9 Å². The molecule has 53 heavy (non-hydrogen) atoms. The quantitative estimate of drug-likeness (QED) is 0.188. The summed E-state index contributed by atoms with van der Waals surface area (Å²) in [6.07, 6.45) is 10.4. The molecular weight excluding hydrogens is 719 g/mol. The number of aryl methyl sites for hydroxylation is 1. The number of ether oxygens (including phenoxy) is 3. The van der Waals surface area contributed by atoms with Crippen molar-refractivity contribution in [3.63, 3.8) is 0 Å². The molecule has 1 N–H and O–H groups in total. The van der Waals surface area contributed by atoms with Gasteiger partial charge in [-0.25, -0.2) is 9.07 Å². The number of halogens is 2. The van der Waals surface area contributed by atoms with E-state index in [4.69, 9.17) is 46.0 Å². The van der Waals surface area contributed by atoms with Crippen LogP contribution in [0.2, 0.25) is 5.02 Å². The number of aliphatic hydroxyl groups is 1. The predicted octanol–water partition coefficient (Wildman–Crippen LogP) is 6.88. The summed E-state index contributed by atoms with van der Waals surface area (Å²) in [6, 6.07) is 2.33. The predicted molar refractivity (Wildman–Crippen MR) is 203 cm³/mol. The molecular formula is C38H44ClFN8O4S. The van der Waals surface area contributed by atoms with E-state index in [9.17, 15) is 9.50 Å². The van der Waals surface area contributed by atoms with Crippen molar-refractivity contribution in [2.24, 2.45) is 7.05 Å². The monoisotopic (exact) mass is 762 g/mol. The van der Waals surface area contributed by atoms with Crippen molar-refractivity contribution in [3.8, 4) is 17.3 Å². The van der Waals surface area contributed by atoms with Crippen LogP contribution in [0.4, 0.5) is 10.2 Å². The zero-order chi connectivity index (χ0) is 36.1. The van der Waals surface area contributed by atoms with Crippen LogP contribution in [0.1, 0.15) is 76.0 Å². The van der Waals surface area contributed by atoms with E-state index in [-0.39, 0.29) is 24.4 Å². The fourth-order valence-corrected chi connectivity index (χ4v) is 10.8. The number of β-amino-alcohol motifs (C(OH)–C–C–N with tert-alkyl or cyclic N) is 1. The van der Waals surface area contributed by atoms with E-state index in [1.54, 1.807) is 18.3 Å². The summed E-state index contributed by atoms with van der Waals surface area (Å²) in [4.78, 5) is 15.4. The largest absolute Gasteiger partial charge is 0.461 e. The first-order valence-corrected chi connectivity index (χ1v) is 20.1. The minimum Gasteiger partial charge on any atom is -0.461 e. The van der Waals surface area contributed by atoms with Crippen molar-refractivity contribution in [1.82, 2.24) is 34.4 Å². The number of rotatable bonds is 7. The van der Waals surface area contributed by atoms with E-state index in [0.717, 1.165) is 123 Å². The van der Waals surface area contributed by atoms with E-state index >= 15 is 0 Å². The normalized spacial score (nSPS) is 27.8. The molecule has 12 nitrogen and oxygen atoms in total. The summed E-state index contributed by atoms with van der Waals surface area (Å²) in [6.45, 7) is 5.97. The number of aromatic nitrogens is 6. The second-order valence-electron chi connectivity index (χ2n) is 16.0. The number of fused-ring (bicyclic) bond motifs is 5. The molecule has 1 aromatic carbocycles. The zero-order valence-corrected chi connectivity index (χ0v) is 31.7. The highest BCUT2D eigenvalue weighted by Gasteiger charge is 2.47. The number of benzene rings is 1. The first kappa shape index (κ1) is 34.1. The molecule has 1 unspecified atom stereocenters. The highest BCUT2D eigenvalue weighted by Crippen LogP contribution is 2.53. The molecule has 0 amide bonds. The van der Waals surface area contributed by atoms with Crippen molar-refractivity contribution < 1.29 is 23.7 Å². The zero-order valence-electron chi connectivity index (χ0n) is 30.1. The molecule has 4 aromatic heterocycles. The first-order chi connectivity index (χ1) is 25.7. The Labute approximate surface area is 315 Å². The van der Waals surface area contributed by atoms with Gasteiger partial charge in [-0.2, -0.15) is 20.2 Å². The van der Waals surface area contributed by atoms with Gasteiger partial charge in [0, 0.05) is 42.7 Å². The highest BCUT2D eigenvalue weighted by molar-refractivity contribution is 7.26. The molecule has 1 saturated carbocycles. The van der Waals surface area contributed by atoms with Crippen molar-refractivity contribution in [2.45, 2.75) is 81.6 Å². The number of anilines is 1. The fourth-order valence-electron chi connectivity index (χ4n) is 9.30. The van der Waals surface area contributed by atoms with Gasteiger partial charge < -0.3 is 24.2 Å². The highest BCUT2D eigenvalue weighted by atomic mass is 35.5. The molecule has 1 aliphatic carbocycles. The Bertz CT molecular complexity index is 2280. The van der Waals surface area contributed by atoms with Crippen molar-refractivity contribution in [1.29, 1.82) is 0 Å². The number of hydrogen-bond donors (Lipinski definition) is 1. The topological polar surface area (TPSA) is 116 Å². The molecule has 5 aromatic rings. The minimum absolute atomic E-state index is 0.129. The van der Waals surface area contributed by atoms with Gasteiger partial charge in [0.2, 0.25) is 0 Å². The van der Waals surface area contributed by atoms with Crippen LogP contribution < -0.4 is 9.64 Å². The average Bonchev–Trinajstić information content (AvgIpc) is 3.37. The first-order valence-electron chi connectivity index (χ1n) is 18.9. The van der Waals surface area contributed by atoms with Gasteiger partial charge in [-0.05, 0) is 88.0 Å². The molecule has 15 heteroatoms. The van der Waals surface area contributed by atoms with E-state index in [2.05, 4.69) is 15.9 Å². The Morgan fingerprint density at radius 2 is 2.06 bits per heavy atom. The third kappa shape index (κ3) is 5.74. The van der Waals surface area contributed by atoms with Crippen molar-refractivity contribution in [3.05, 3.63) is 34.8 Å². The Balaban J connectivity index is 1.14. The van der Waals surface area contributed by atoms with Crippen LogP contribution in [0.15, 0.2) is 24.2 Å². The fraction of sp³-hybridized carbons (Fsp3) is 0.579. The lowest BCUT2D eigenvalue weighted by molar-refractivity contribution is -0.0366. The van der Waals surface area contributed by atoms with E-state index < -0.39 is 5.60 Å². The molecule has 3 atom stereocenters. The summed E-state index contributed by atoms with van der Waals surface area (Å²) >= 11 is 8.78. The third-order valence-electron chi connectivity index (χ3n) is 11.9. The summed E-state index contributed by atoms with van der Waals surface area (Å²) in [5.41, 5.74) is 4.30. The Kier molecular flexibility index (Phi) is 8.27. The van der Waals surface area contributed by atoms with Gasteiger partial charge in [0.25, 0.3) is 0 Å². The molecule has 0 radical (unpaired) electrons. The Morgan fingerprint density at radius 1 is 1.17 bits per heavy atom. The van der Waals surface area contributed by atoms with Crippen LogP contribution in [0.3, 0.4) is 0 Å². The lowest BCUT2D eigenvalue weighted by Crippen LogP contribution is -2.43. The van der Waals surface area contributed by atoms with E-state index in [1.165, 1.54) is 0 Å². The SMILES string of the molecule is Cn1nc(-c2c(C3CC3)c(Cl)cc3c2cnn3C2CCCCO2)c2sc3nc(OC[C@@]45CCCN4C/C(=C\F)C5)nc(N4CCOC[C@@](C)(O)C4)c3c21. The number of hydrogen-bond acceptors (Lipinski definition) is 11. The number of thiophene rings is 1. The number of nitrogens with zero attached hydrogens (tertiary/aromatic N) is 8. The van der Waals surface area contributed by atoms with Crippen LogP contribution in [0, 0.1) is 0 Å². The van der Waals surface area contributed by atoms with Crippen LogP contribution >= 0.6 is 22.9 Å². The Hall–Kier alpha value is -3.40. The van der Waals surface area contributed by atoms with Gasteiger partial charge in [-0.3, -0.25) is 9.58 Å². The molecule has 0 bridgehead atoms. The maximum Gasteiger partial charge on any atom is 0.319 e. The van der Waals surface area contributed by atoms with Crippen molar-refractivity contribution >= 4 is 60.1 Å². The van der Waals surface area contributed by atoms with Crippen LogP contribution in [0.25, 0.3) is 42.6 Å². The molecule has 280 valence electrons. The van der Waals surface area contributed by atoms with Gasteiger partial charge >= 0.3 is 6.01 Å². The van der Waals surface area contributed by atoms with Crippen LogP contribution in [-0.2, 0) is 16.5 Å². The van der Waals surface area contributed by atoms with Gasteiger partial charge in [0.1, 0.15) is 28.6 Å². The van der Waals surface area contributed by atoms with Crippen LogP contribution in [-0.4, -0.2) is 103 Å². The van der Waals surface area contributed by atoms with Gasteiger partial charge in [-0.1, -0.05) is 11.6 Å².